The summed E-state index contributed by atoms with van der Waals surface area (Å²) in [6.45, 7) is 16.9. The number of aromatic amines is 1. The number of piperazine rings is 1. The SMILES string of the molecule is Cc1cc(C)cc(-c2[nH]c3sc(C(C)(C)C(=O)C4C5CCC4NC5)cc3c2CCN2CCN(CC(=O)N3CCCC3)CC2)c1. The zero-order chi connectivity index (χ0) is 30.6. The number of thiophene rings is 1. The predicted octanol–water partition coefficient (Wildman–Crippen LogP) is 5.14. The van der Waals surface area contributed by atoms with Gasteiger partial charge in [-0.3, -0.25) is 14.5 Å². The molecule has 3 atom stereocenters. The summed E-state index contributed by atoms with van der Waals surface area (Å²) in [5, 5.41) is 4.88. The number of nitrogens with one attached hydrogen (secondary N) is 2. The number of nitrogens with zero attached hydrogens (tertiary/aromatic N) is 3. The Morgan fingerprint density at radius 1 is 0.932 bits per heavy atom. The van der Waals surface area contributed by atoms with Crippen LogP contribution in [0.15, 0.2) is 24.3 Å². The van der Waals surface area contributed by atoms with Crippen LogP contribution in [0.3, 0.4) is 0 Å². The van der Waals surface area contributed by atoms with Crippen molar-refractivity contribution >= 4 is 33.2 Å². The van der Waals surface area contributed by atoms with Gasteiger partial charge in [-0.05, 0) is 102 Å². The van der Waals surface area contributed by atoms with Crippen LogP contribution in [0.25, 0.3) is 21.5 Å². The van der Waals surface area contributed by atoms with E-state index in [1.165, 1.54) is 49.5 Å². The Kier molecular flexibility index (Phi) is 8.23. The summed E-state index contributed by atoms with van der Waals surface area (Å²) < 4.78 is 0. The topological polar surface area (TPSA) is 71.7 Å². The van der Waals surface area contributed by atoms with Gasteiger partial charge in [-0.2, -0.15) is 0 Å². The smallest absolute Gasteiger partial charge is 0.236 e. The van der Waals surface area contributed by atoms with Gasteiger partial charge in [-0.15, -0.1) is 11.3 Å². The molecule has 1 saturated carbocycles. The summed E-state index contributed by atoms with van der Waals surface area (Å²) >= 11 is 1.78. The highest BCUT2D eigenvalue weighted by Crippen LogP contribution is 2.45. The zero-order valence-electron chi connectivity index (χ0n) is 27.0. The van der Waals surface area contributed by atoms with Gasteiger partial charge in [0.05, 0.1) is 17.7 Å². The molecule has 7 rings (SSSR count). The molecule has 4 fully saturated rings. The molecule has 44 heavy (non-hydrogen) atoms. The Bertz CT molecular complexity index is 1500. The van der Waals surface area contributed by atoms with E-state index in [4.69, 9.17) is 0 Å². The average molecular weight is 616 g/mol. The lowest BCUT2D eigenvalue weighted by Crippen LogP contribution is -2.50. The molecule has 2 bridgehead atoms. The molecule has 1 amide bonds. The molecule has 3 aromatic rings. The fraction of sp³-hybridized carbons (Fsp3) is 0.611. The number of Topliss-reactive ketones (excluding diaryl/α,β-unsaturated/α-hetero) is 1. The summed E-state index contributed by atoms with van der Waals surface area (Å²) in [4.78, 5) is 39.8. The van der Waals surface area contributed by atoms with Crippen molar-refractivity contribution < 1.29 is 9.59 Å². The van der Waals surface area contributed by atoms with Crippen LogP contribution < -0.4 is 5.32 Å². The van der Waals surface area contributed by atoms with Crippen molar-refractivity contribution in [1.82, 2.24) is 25.0 Å². The number of fused-ring (bicyclic) bond motifs is 3. The average Bonchev–Trinajstić information content (AvgIpc) is 3.83. The van der Waals surface area contributed by atoms with E-state index in [0.29, 0.717) is 30.2 Å². The molecule has 236 valence electrons. The van der Waals surface area contributed by atoms with E-state index in [0.717, 1.165) is 78.0 Å². The molecule has 1 aromatic carbocycles. The number of carbonyl (C=O) groups is 2. The molecule has 2 N–H and O–H groups in total. The number of likely N-dealkylation sites (tertiary alicyclic amines) is 1. The van der Waals surface area contributed by atoms with E-state index in [1.807, 2.05) is 4.90 Å². The Labute approximate surface area is 266 Å². The molecule has 5 heterocycles. The Balaban J connectivity index is 1.10. The molecule has 3 aliphatic heterocycles. The fourth-order valence-corrected chi connectivity index (χ4v) is 9.64. The van der Waals surface area contributed by atoms with E-state index in [2.05, 4.69) is 72.1 Å². The van der Waals surface area contributed by atoms with Crippen LogP contribution in [0.4, 0.5) is 0 Å². The number of ketones is 1. The van der Waals surface area contributed by atoms with Gasteiger partial charge < -0.3 is 20.1 Å². The number of rotatable bonds is 9. The van der Waals surface area contributed by atoms with Gasteiger partial charge in [-0.1, -0.05) is 17.2 Å². The lowest BCUT2D eigenvalue weighted by Gasteiger charge is -2.35. The number of carbonyl (C=O) groups excluding carboxylic acids is 2. The van der Waals surface area contributed by atoms with Gasteiger partial charge in [0, 0.05) is 68.0 Å². The molecule has 0 spiro atoms. The van der Waals surface area contributed by atoms with E-state index in [1.54, 1.807) is 11.3 Å². The lowest BCUT2D eigenvalue weighted by atomic mass is 9.76. The Hall–Kier alpha value is -2.52. The van der Waals surface area contributed by atoms with E-state index < -0.39 is 5.41 Å². The maximum atomic E-state index is 14.0. The van der Waals surface area contributed by atoms with E-state index >= 15 is 0 Å². The van der Waals surface area contributed by atoms with Gasteiger partial charge in [0.15, 0.2) is 0 Å². The summed E-state index contributed by atoms with van der Waals surface area (Å²) in [5.41, 5.74) is 5.89. The molecular weight excluding hydrogens is 566 g/mol. The lowest BCUT2D eigenvalue weighted by molar-refractivity contribution is -0.131. The van der Waals surface area contributed by atoms with Crippen molar-refractivity contribution in [2.24, 2.45) is 11.8 Å². The number of amides is 1. The number of hydrogen-bond acceptors (Lipinski definition) is 6. The van der Waals surface area contributed by atoms with Gasteiger partial charge in [0.1, 0.15) is 10.6 Å². The largest absolute Gasteiger partial charge is 0.346 e. The fourth-order valence-electron chi connectivity index (χ4n) is 8.44. The maximum Gasteiger partial charge on any atom is 0.236 e. The third-order valence-corrected chi connectivity index (χ3v) is 12.4. The first-order valence-corrected chi connectivity index (χ1v) is 17.7. The van der Waals surface area contributed by atoms with Crippen LogP contribution in [0.2, 0.25) is 0 Å². The molecule has 3 unspecified atom stereocenters. The highest BCUT2D eigenvalue weighted by Gasteiger charge is 2.50. The van der Waals surface area contributed by atoms with Crippen LogP contribution in [-0.2, 0) is 21.4 Å². The summed E-state index contributed by atoms with van der Waals surface area (Å²) in [7, 11) is 0. The van der Waals surface area contributed by atoms with Gasteiger partial charge >= 0.3 is 0 Å². The van der Waals surface area contributed by atoms with Crippen molar-refractivity contribution in [3.63, 3.8) is 0 Å². The molecular formula is C36H49N5O2S. The van der Waals surface area contributed by atoms with Crippen LogP contribution >= 0.6 is 11.3 Å². The molecule has 8 heteroatoms. The second-order valence-electron chi connectivity index (χ2n) is 14.5. The molecule has 4 aliphatic rings. The van der Waals surface area contributed by atoms with Crippen LogP contribution in [0.1, 0.15) is 61.1 Å². The molecule has 3 saturated heterocycles. The van der Waals surface area contributed by atoms with Crippen molar-refractivity contribution in [3.8, 4) is 11.3 Å². The second-order valence-corrected chi connectivity index (χ2v) is 15.6. The first-order chi connectivity index (χ1) is 21.2. The van der Waals surface area contributed by atoms with Gasteiger partial charge in [0.25, 0.3) is 0 Å². The number of hydrogen-bond donors (Lipinski definition) is 2. The van der Waals surface area contributed by atoms with Crippen molar-refractivity contribution in [2.75, 3.05) is 58.9 Å². The number of H-pyrrole nitrogens is 1. The third kappa shape index (κ3) is 5.68. The first kappa shape index (κ1) is 30.2. The minimum atomic E-state index is -0.498. The van der Waals surface area contributed by atoms with Crippen LogP contribution in [0.5, 0.6) is 0 Å². The van der Waals surface area contributed by atoms with Crippen LogP contribution in [-0.4, -0.2) is 96.3 Å². The Morgan fingerprint density at radius 3 is 2.27 bits per heavy atom. The monoisotopic (exact) mass is 615 g/mol. The quantitative estimate of drug-likeness (QED) is 0.349. The maximum absolute atomic E-state index is 14.0. The Morgan fingerprint density at radius 2 is 1.64 bits per heavy atom. The minimum absolute atomic E-state index is 0.153. The highest BCUT2D eigenvalue weighted by atomic mass is 32.1. The van der Waals surface area contributed by atoms with Crippen molar-refractivity contribution in [3.05, 3.63) is 45.8 Å². The molecule has 2 aromatic heterocycles. The normalized spacial score (nSPS) is 24.6. The number of piperidine rings is 1. The van der Waals surface area contributed by atoms with Gasteiger partial charge in [0.2, 0.25) is 5.91 Å². The summed E-state index contributed by atoms with van der Waals surface area (Å²) in [5.74, 6) is 1.37. The zero-order valence-corrected chi connectivity index (χ0v) is 27.8. The van der Waals surface area contributed by atoms with Crippen molar-refractivity contribution in [2.45, 2.75) is 71.3 Å². The first-order valence-electron chi connectivity index (χ1n) is 16.9. The highest BCUT2D eigenvalue weighted by molar-refractivity contribution is 7.19. The second kappa shape index (κ2) is 12.0. The third-order valence-electron chi connectivity index (χ3n) is 11.0. The van der Waals surface area contributed by atoms with E-state index in [9.17, 15) is 9.59 Å². The number of aryl methyl sites for hydroxylation is 2. The van der Waals surface area contributed by atoms with E-state index in [-0.39, 0.29) is 5.92 Å². The van der Waals surface area contributed by atoms with Crippen molar-refractivity contribution in [1.29, 1.82) is 0 Å². The molecule has 1 aliphatic carbocycles. The minimum Gasteiger partial charge on any atom is -0.346 e. The number of aromatic nitrogens is 1. The molecule has 0 radical (unpaired) electrons. The van der Waals surface area contributed by atoms with Gasteiger partial charge in [-0.25, -0.2) is 0 Å². The summed E-state index contributed by atoms with van der Waals surface area (Å²) in [6.07, 6.45) is 5.57. The number of benzene rings is 1. The standard InChI is InChI=1S/C36H49N5O2S/c1-23-17-24(2)19-26(18-23)33-27(9-12-39-13-15-40(16-14-39)22-31(42)41-10-5-6-11-41)28-20-30(44-35(28)38-33)36(3,4)34(43)32-25-7-8-29(32)37-21-25/h17-20,25,29,32,37-38H,5-16,21-22H2,1-4H3. The predicted molar refractivity (Wildman–Crippen MR) is 180 cm³/mol. The van der Waals surface area contributed by atoms with Crippen LogP contribution in [0, 0.1) is 25.7 Å². The summed E-state index contributed by atoms with van der Waals surface area (Å²) in [6, 6.07) is 9.52. The molecule has 7 nitrogen and oxygen atoms in total.